The Bertz CT molecular complexity index is 227. The molecule has 0 unspecified atom stereocenters. The zero-order valence-electron chi connectivity index (χ0n) is 9.92. The van der Waals surface area contributed by atoms with Crippen molar-refractivity contribution in [1.82, 2.24) is 0 Å². The highest BCUT2D eigenvalue weighted by molar-refractivity contribution is 5.78. The van der Waals surface area contributed by atoms with Crippen LogP contribution >= 0.6 is 0 Å². The summed E-state index contributed by atoms with van der Waals surface area (Å²) in [6.45, 7) is 5.48. The van der Waals surface area contributed by atoms with Crippen LogP contribution in [0.25, 0.3) is 0 Å². The van der Waals surface area contributed by atoms with E-state index in [0.717, 1.165) is 18.1 Å². The Labute approximate surface area is 92.7 Å². The summed E-state index contributed by atoms with van der Waals surface area (Å²) >= 11 is 0. The Kier molecular flexibility index (Phi) is 4.86. The number of carbonyl (C=O) groups excluding carboxylic acids is 1. The molecular formula is C13H22O2. The molecule has 0 aliphatic heterocycles. The summed E-state index contributed by atoms with van der Waals surface area (Å²) in [5.74, 6) is 1.89. The lowest BCUT2D eigenvalue weighted by molar-refractivity contribution is -0.121. The lowest BCUT2D eigenvalue weighted by Crippen LogP contribution is -2.15. The summed E-state index contributed by atoms with van der Waals surface area (Å²) in [7, 11) is 1.62. The van der Waals surface area contributed by atoms with Gasteiger partial charge in [0.2, 0.25) is 0 Å². The van der Waals surface area contributed by atoms with Crippen molar-refractivity contribution in [3.8, 4) is 0 Å². The molecule has 1 atom stereocenters. The first-order valence-corrected chi connectivity index (χ1v) is 5.85. The van der Waals surface area contributed by atoms with E-state index in [-0.39, 0.29) is 11.7 Å². The molecule has 0 amide bonds. The molecule has 15 heavy (non-hydrogen) atoms. The summed E-state index contributed by atoms with van der Waals surface area (Å²) in [5.41, 5.74) is 0. The Morgan fingerprint density at radius 2 is 2.07 bits per heavy atom. The van der Waals surface area contributed by atoms with Gasteiger partial charge in [0.25, 0.3) is 0 Å². The van der Waals surface area contributed by atoms with E-state index < -0.39 is 0 Å². The summed E-state index contributed by atoms with van der Waals surface area (Å²) in [6.07, 6.45) is 6.98. The second-order valence-corrected chi connectivity index (χ2v) is 4.64. The molecule has 0 N–H and O–H groups in total. The minimum absolute atomic E-state index is 0.126. The molecule has 0 spiro atoms. The Hall–Kier alpha value is -0.790. The third-order valence-electron chi connectivity index (χ3n) is 3.43. The molecule has 1 fully saturated rings. The van der Waals surface area contributed by atoms with Crippen LogP contribution in [-0.4, -0.2) is 12.9 Å². The molecule has 0 aromatic rings. The molecule has 2 nitrogen and oxygen atoms in total. The van der Waals surface area contributed by atoms with Gasteiger partial charge in [0.05, 0.1) is 12.9 Å². The van der Waals surface area contributed by atoms with Crippen LogP contribution in [0.5, 0.6) is 0 Å². The first-order chi connectivity index (χ1) is 7.13. The Morgan fingerprint density at radius 1 is 1.47 bits per heavy atom. The Balaban J connectivity index is 2.42. The molecule has 0 heterocycles. The van der Waals surface area contributed by atoms with Gasteiger partial charge >= 0.3 is 0 Å². The van der Waals surface area contributed by atoms with Gasteiger partial charge in [0.15, 0.2) is 0 Å². The lowest BCUT2D eigenvalue weighted by Gasteiger charge is -2.18. The molecule has 1 aliphatic rings. The summed E-state index contributed by atoms with van der Waals surface area (Å²) in [4.78, 5) is 11.5. The summed E-state index contributed by atoms with van der Waals surface area (Å²) in [5, 5.41) is 0. The number of rotatable bonds is 6. The van der Waals surface area contributed by atoms with Gasteiger partial charge in [0.1, 0.15) is 5.78 Å². The van der Waals surface area contributed by atoms with Gasteiger partial charge < -0.3 is 4.74 Å². The van der Waals surface area contributed by atoms with Crippen molar-refractivity contribution in [2.75, 3.05) is 7.11 Å². The summed E-state index contributed by atoms with van der Waals surface area (Å²) < 4.78 is 5.05. The molecular weight excluding hydrogens is 188 g/mol. The maximum absolute atomic E-state index is 11.5. The molecule has 1 rings (SSSR count). The minimum atomic E-state index is 0.126. The quantitative estimate of drug-likeness (QED) is 0.629. The van der Waals surface area contributed by atoms with Crippen LogP contribution in [0, 0.1) is 11.8 Å². The van der Waals surface area contributed by atoms with Crippen LogP contribution in [0.3, 0.4) is 0 Å². The highest BCUT2D eigenvalue weighted by Gasteiger charge is 2.23. The van der Waals surface area contributed by atoms with Gasteiger partial charge in [-0.1, -0.05) is 32.3 Å². The third-order valence-corrected chi connectivity index (χ3v) is 3.43. The van der Waals surface area contributed by atoms with Gasteiger partial charge in [-0.15, -0.1) is 0 Å². The zero-order valence-corrected chi connectivity index (χ0v) is 9.92. The van der Waals surface area contributed by atoms with E-state index in [1.165, 1.54) is 25.7 Å². The van der Waals surface area contributed by atoms with Crippen LogP contribution in [0.15, 0.2) is 12.3 Å². The van der Waals surface area contributed by atoms with Crippen molar-refractivity contribution < 1.29 is 9.53 Å². The molecule has 0 aromatic heterocycles. The number of Topliss-reactive ketones (excluding diaryl/α,β-unsaturated/α-hetero) is 1. The predicted molar refractivity (Wildman–Crippen MR) is 61.5 cm³/mol. The SMILES string of the molecule is C=C(C[C@@H](CC1CCCC1)C(C)=O)OC. The molecule has 0 radical (unpaired) electrons. The summed E-state index contributed by atoms with van der Waals surface area (Å²) in [6, 6.07) is 0. The van der Waals surface area contributed by atoms with Gasteiger partial charge in [-0.05, 0) is 19.3 Å². The maximum Gasteiger partial charge on any atom is 0.133 e. The fraction of sp³-hybridized carbons (Fsp3) is 0.769. The maximum atomic E-state index is 11.5. The molecule has 2 heteroatoms. The van der Waals surface area contributed by atoms with Crippen molar-refractivity contribution >= 4 is 5.78 Å². The van der Waals surface area contributed by atoms with E-state index in [0.29, 0.717) is 6.42 Å². The topological polar surface area (TPSA) is 26.3 Å². The Morgan fingerprint density at radius 3 is 2.53 bits per heavy atom. The van der Waals surface area contributed by atoms with E-state index >= 15 is 0 Å². The fourth-order valence-corrected chi connectivity index (χ4v) is 2.40. The predicted octanol–water partition coefficient (Wildman–Crippen LogP) is 3.32. The molecule has 0 bridgehead atoms. The van der Waals surface area contributed by atoms with E-state index in [1.807, 2.05) is 0 Å². The number of hydrogen-bond acceptors (Lipinski definition) is 2. The fourth-order valence-electron chi connectivity index (χ4n) is 2.40. The van der Waals surface area contributed by atoms with Gasteiger partial charge in [-0.25, -0.2) is 0 Å². The van der Waals surface area contributed by atoms with Crippen LogP contribution < -0.4 is 0 Å². The molecule has 0 aromatic carbocycles. The first kappa shape index (κ1) is 12.3. The highest BCUT2D eigenvalue weighted by Crippen LogP contribution is 2.32. The average molecular weight is 210 g/mol. The van der Waals surface area contributed by atoms with Crippen LogP contribution in [-0.2, 0) is 9.53 Å². The van der Waals surface area contributed by atoms with Crippen LogP contribution in [0.4, 0.5) is 0 Å². The standard InChI is InChI=1S/C13H22O2/c1-10(15-3)8-13(11(2)14)9-12-6-4-5-7-12/h12-13H,1,4-9H2,2-3H3/t13-/m0/s1. The monoisotopic (exact) mass is 210 g/mol. The van der Waals surface area contributed by atoms with Gasteiger partial charge in [-0.2, -0.15) is 0 Å². The molecule has 86 valence electrons. The van der Waals surface area contributed by atoms with Crippen LogP contribution in [0.2, 0.25) is 0 Å². The third kappa shape index (κ3) is 4.06. The second-order valence-electron chi connectivity index (χ2n) is 4.64. The lowest BCUT2D eigenvalue weighted by atomic mass is 9.88. The van der Waals surface area contributed by atoms with Crippen molar-refractivity contribution in [3.63, 3.8) is 0 Å². The van der Waals surface area contributed by atoms with E-state index in [2.05, 4.69) is 6.58 Å². The van der Waals surface area contributed by atoms with Crippen molar-refractivity contribution in [2.45, 2.75) is 45.4 Å². The van der Waals surface area contributed by atoms with Crippen molar-refractivity contribution in [2.24, 2.45) is 11.8 Å². The first-order valence-electron chi connectivity index (χ1n) is 5.85. The largest absolute Gasteiger partial charge is 0.502 e. The van der Waals surface area contributed by atoms with E-state index in [1.54, 1.807) is 14.0 Å². The van der Waals surface area contributed by atoms with Gasteiger partial charge in [0, 0.05) is 12.3 Å². The number of methoxy groups -OCH3 is 1. The minimum Gasteiger partial charge on any atom is -0.502 e. The average Bonchev–Trinajstić information content (AvgIpc) is 2.69. The highest BCUT2D eigenvalue weighted by atomic mass is 16.5. The number of ether oxygens (including phenoxy) is 1. The smallest absolute Gasteiger partial charge is 0.133 e. The number of allylic oxidation sites excluding steroid dienone is 1. The molecule has 1 saturated carbocycles. The van der Waals surface area contributed by atoms with E-state index in [9.17, 15) is 4.79 Å². The molecule has 1 aliphatic carbocycles. The number of hydrogen-bond donors (Lipinski definition) is 0. The number of ketones is 1. The second kappa shape index (κ2) is 5.94. The molecule has 0 saturated heterocycles. The number of carbonyl (C=O) groups is 1. The normalized spacial score (nSPS) is 18.8. The van der Waals surface area contributed by atoms with Crippen molar-refractivity contribution in [3.05, 3.63) is 12.3 Å². The zero-order chi connectivity index (χ0) is 11.3. The van der Waals surface area contributed by atoms with Gasteiger partial charge in [-0.3, -0.25) is 4.79 Å². The van der Waals surface area contributed by atoms with Crippen molar-refractivity contribution in [1.29, 1.82) is 0 Å². The van der Waals surface area contributed by atoms with E-state index in [4.69, 9.17) is 4.74 Å². The van der Waals surface area contributed by atoms with Crippen LogP contribution in [0.1, 0.15) is 45.4 Å².